The van der Waals surface area contributed by atoms with Gasteiger partial charge in [-0.1, -0.05) is 0 Å². The first-order valence-corrected chi connectivity index (χ1v) is 6.73. The van der Waals surface area contributed by atoms with E-state index < -0.39 is 0 Å². The average Bonchev–Trinajstić information content (AvgIpc) is 2.98. The monoisotopic (exact) mass is 262 g/mol. The van der Waals surface area contributed by atoms with Crippen LogP contribution < -0.4 is 14.8 Å². The number of nitrogens with one attached hydrogen (secondary N) is 1. The minimum atomic E-state index is 0.318. The normalized spacial score (nSPS) is 12.7. The smallest absolute Gasteiger partial charge is 0.231 e. The van der Waals surface area contributed by atoms with Gasteiger partial charge in [0.25, 0.3) is 0 Å². The lowest BCUT2D eigenvalue weighted by Gasteiger charge is -2.06. The van der Waals surface area contributed by atoms with E-state index in [1.54, 1.807) is 11.3 Å². The zero-order chi connectivity index (χ0) is 12.4. The van der Waals surface area contributed by atoms with Gasteiger partial charge in [-0.2, -0.15) is 0 Å². The highest BCUT2D eigenvalue weighted by atomic mass is 32.1. The summed E-state index contributed by atoms with van der Waals surface area (Å²) in [4.78, 5) is 5.58. The van der Waals surface area contributed by atoms with E-state index in [0.29, 0.717) is 6.79 Å². The summed E-state index contributed by atoms with van der Waals surface area (Å²) in [6.45, 7) is 3.26. The Labute approximate surface area is 110 Å². The van der Waals surface area contributed by atoms with E-state index in [1.165, 1.54) is 4.88 Å². The van der Waals surface area contributed by atoms with Gasteiger partial charge in [-0.05, 0) is 19.1 Å². The number of rotatable bonds is 4. The maximum Gasteiger partial charge on any atom is 0.231 e. The molecule has 0 amide bonds. The second-order valence-electron chi connectivity index (χ2n) is 4.11. The predicted octanol–water partition coefficient (Wildman–Crippen LogP) is 2.83. The van der Waals surface area contributed by atoms with E-state index in [2.05, 4.69) is 10.3 Å². The molecule has 0 spiro atoms. The number of hydrogen-bond acceptors (Lipinski definition) is 5. The molecule has 4 nitrogen and oxygen atoms in total. The Kier molecular flexibility index (Phi) is 3.06. The van der Waals surface area contributed by atoms with Crippen LogP contribution in [0.3, 0.4) is 0 Å². The molecule has 0 saturated heterocycles. The summed E-state index contributed by atoms with van der Waals surface area (Å²) in [6.07, 6.45) is 0.991. The fourth-order valence-electron chi connectivity index (χ4n) is 1.89. The zero-order valence-corrected chi connectivity index (χ0v) is 10.9. The largest absolute Gasteiger partial charge is 0.454 e. The van der Waals surface area contributed by atoms with Gasteiger partial charge in [0.05, 0.1) is 11.2 Å². The Morgan fingerprint density at radius 2 is 2.22 bits per heavy atom. The number of nitrogens with zero attached hydrogens (tertiary/aromatic N) is 1. The van der Waals surface area contributed by atoms with Gasteiger partial charge < -0.3 is 14.8 Å². The van der Waals surface area contributed by atoms with Crippen LogP contribution in [0.2, 0.25) is 0 Å². The number of anilines is 1. The highest BCUT2D eigenvalue weighted by Gasteiger charge is 2.12. The molecule has 1 aliphatic heterocycles. The highest BCUT2D eigenvalue weighted by molar-refractivity contribution is 7.09. The Bertz CT molecular complexity index is 554. The van der Waals surface area contributed by atoms with Gasteiger partial charge in [-0.25, -0.2) is 4.98 Å². The molecule has 1 aliphatic rings. The molecule has 0 radical (unpaired) electrons. The van der Waals surface area contributed by atoms with Gasteiger partial charge in [0.1, 0.15) is 0 Å². The maximum atomic E-state index is 5.34. The fraction of sp³-hybridized carbons (Fsp3) is 0.308. The summed E-state index contributed by atoms with van der Waals surface area (Å²) in [6, 6.07) is 5.91. The third-order valence-electron chi connectivity index (χ3n) is 2.90. The first-order chi connectivity index (χ1) is 8.83. The van der Waals surface area contributed by atoms with Crippen LogP contribution in [-0.2, 0) is 6.42 Å². The predicted molar refractivity (Wildman–Crippen MR) is 71.6 cm³/mol. The molecule has 1 aromatic carbocycles. The summed E-state index contributed by atoms with van der Waals surface area (Å²) in [5.41, 5.74) is 4.08. The van der Waals surface area contributed by atoms with Crippen molar-refractivity contribution < 1.29 is 9.47 Å². The van der Waals surface area contributed by atoms with Gasteiger partial charge in [-0.15, -0.1) is 11.3 Å². The van der Waals surface area contributed by atoms with Crippen LogP contribution in [0.5, 0.6) is 11.5 Å². The first kappa shape index (κ1) is 11.3. The molecule has 1 aromatic heterocycles. The lowest BCUT2D eigenvalue weighted by molar-refractivity contribution is 0.174. The van der Waals surface area contributed by atoms with Crippen molar-refractivity contribution in [1.82, 2.24) is 4.98 Å². The molecular formula is C13H14N2O2S. The summed E-state index contributed by atoms with van der Waals surface area (Å²) < 4.78 is 10.6. The lowest BCUT2D eigenvalue weighted by atomic mass is 10.2. The Morgan fingerprint density at radius 1 is 1.33 bits per heavy atom. The van der Waals surface area contributed by atoms with E-state index in [-0.39, 0.29) is 0 Å². The maximum absolute atomic E-state index is 5.34. The van der Waals surface area contributed by atoms with Crippen LogP contribution in [-0.4, -0.2) is 18.3 Å². The van der Waals surface area contributed by atoms with Crippen LogP contribution in [0.4, 0.5) is 5.69 Å². The Morgan fingerprint density at radius 3 is 3.06 bits per heavy atom. The zero-order valence-electron chi connectivity index (χ0n) is 10.1. The average molecular weight is 262 g/mol. The quantitative estimate of drug-likeness (QED) is 0.920. The van der Waals surface area contributed by atoms with Crippen molar-refractivity contribution in [2.24, 2.45) is 0 Å². The number of benzene rings is 1. The topological polar surface area (TPSA) is 43.4 Å². The number of aromatic nitrogens is 1. The molecular weight excluding hydrogens is 248 g/mol. The molecule has 2 aromatic rings. The molecule has 1 N–H and O–H groups in total. The van der Waals surface area contributed by atoms with Crippen LogP contribution >= 0.6 is 11.3 Å². The molecule has 0 fully saturated rings. The SMILES string of the molecule is Cc1ncsc1CCNc1ccc2c(c1)OCO2. The summed E-state index contributed by atoms with van der Waals surface area (Å²) in [5.74, 6) is 1.63. The minimum absolute atomic E-state index is 0.318. The van der Waals surface area contributed by atoms with Crippen molar-refractivity contribution >= 4 is 17.0 Å². The summed E-state index contributed by atoms with van der Waals surface area (Å²) in [5, 5.41) is 3.38. The standard InChI is InChI=1S/C13H14N2O2S/c1-9-13(18-7-15-9)4-5-14-10-2-3-11-12(6-10)17-8-16-11/h2-3,6-7,14H,4-5,8H2,1H3. The van der Waals surface area contributed by atoms with E-state index in [4.69, 9.17) is 9.47 Å². The molecule has 94 valence electrons. The Hall–Kier alpha value is -1.75. The van der Waals surface area contributed by atoms with Crippen LogP contribution in [0.15, 0.2) is 23.7 Å². The second-order valence-corrected chi connectivity index (χ2v) is 5.05. The lowest BCUT2D eigenvalue weighted by Crippen LogP contribution is -2.04. The van der Waals surface area contributed by atoms with E-state index in [9.17, 15) is 0 Å². The van der Waals surface area contributed by atoms with Gasteiger partial charge in [0.2, 0.25) is 6.79 Å². The third-order valence-corrected chi connectivity index (χ3v) is 3.89. The van der Waals surface area contributed by atoms with Crippen molar-refractivity contribution in [1.29, 1.82) is 0 Å². The molecule has 5 heteroatoms. The minimum Gasteiger partial charge on any atom is -0.454 e. The van der Waals surface area contributed by atoms with E-state index >= 15 is 0 Å². The molecule has 0 atom stereocenters. The van der Waals surface area contributed by atoms with Crippen molar-refractivity contribution in [3.8, 4) is 11.5 Å². The first-order valence-electron chi connectivity index (χ1n) is 5.85. The molecule has 3 rings (SSSR count). The number of aryl methyl sites for hydroxylation is 1. The van der Waals surface area contributed by atoms with Crippen molar-refractivity contribution in [2.75, 3.05) is 18.7 Å². The summed E-state index contributed by atoms with van der Waals surface area (Å²) in [7, 11) is 0. The van der Waals surface area contributed by atoms with E-state index in [1.807, 2.05) is 30.6 Å². The molecule has 0 unspecified atom stereocenters. The number of fused-ring (bicyclic) bond motifs is 1. The van der Waals surface area contributed by atoms with Crippen molar-refractivity contribution in [3.05, 3.63) is 34.3 Å². The number of hydrogen-bond donors (Lipinski definition) is 1. The molecule has 0 aliphatic carbocycles. The van der Waals surface area contributed by atoms with Crippen molar-refractivity contribution in [3.63, 3.8) is 0 Å². The third kappa shape index (κ3) is 2.26. The number of ether oxygens (including phenoxy) is 2. The second kappa shape index (κ2) is 4.86. The van der Waals surface area contributed by atoms with Crippen LogP contribution in [0.1, 0.15) is 10.6 Å². The highest BCUT2D eigenvalue weighted by Crippen LogP contribution is 2.34. The van der Waals surface area contributed by atoms with Gasteiger partial charge in [0.15, 0.2) is 11.5 Å². The van der Waals surface area contributed by atoms with Crippen LogP contribution in [0.25, 0.3) is 0 Å². The molecule has 0 saturated carbocycles. The molecule has 18 heavy (non-hydrogen) atoms. The summed E-state index contributed by atoms with van der Waals surface area (Å²) >= 11 is 1.71. The molecule has 0 bridgehead atoms. The fourth-order valence-corrected chi connectivity index (χ4v) is 2.67. The number of thiazole rings is 1. The van der Waals surface area contributed by atoms with Crippen molar-refractivity contribution in [2.45, 2.75) is 13.3 Å². The molecule has 2 heterocycles. The van der Waals surface area contributed by atoms with Gasteiger partial charge in [0, 0.05) is 29.6 Å². The van der Waals surface area contributed by atoms with Gasteiger partial charge >= 0.3 is 0 Å². The van der Waals surface area contributed by atoms with Crippen LogP contribution in [0, 0.1) is 6.92 Å². The Balaban J connectivity index is 1.59. The van der Waals surface area contributed by atoms with E-state index in [0.717, 1.165) is 35.8 Å². The van der Waals surface area contributed by atoms with Gasteiger partial charge in [-0.3, -0.25) is 0 Å².